The van der Waals surface area contributed by atoms with E-state index in [1.54, 1.807) is 18.5 Å². The number of carbonyl (C=O) groups is 3. The van der Waals surface area contributed by atoms with Gasteiger partial charge in [0.05, 0.1) is 16.9 Å². The van der Waals surface area contributed by atoms with Crippen LogP contribution in [-0.4, -0.2) is 65.1 Å². The van der Waals surface area contributed by atoms with Crippen LogP contribution in [0.2, 0.25) is 0 Å². The van der Waals surface area contributed by atoms with Gasteiger partial charge in [-0.3, -0.25) is 14.4 Å². The largest absolute Gasteiger partial charge is 0.494 e. The van der Waals surface area contributed by atoms with Crippen molar-refractivity contribution in [3.63, 3.8) is 0 Å². The van der Waals surface area contributed by atoms with Crippen molar-refractivity contribution in [1.29, 1.82) is 0 Å². The molecule has 0 aliphatic carbocycles. The molecule has 1 saturated heterocycles. The summed E-state index contributed by atoms with van der Waals surface area (Å²) >= 11 is 1.40. The minimum Gasteiger partial charge on any atom is -0.494 e. The van der Waals surface area contributed by atoms with Crippen LogP contribution in [0.25, 0.3) is 22.5 Å². The molecule has 11 heteroatoms. The van der Waals surface area contributed by atoms with Crippen LogP contribution in [0.4, 0.5) is 0 Å². The minimum atomic E-state index is -1.05. The zero-order chi connectivity index (χ0) is 37.8. The number of hydrogen-bond donors (Lipinski definition) is 4. The lowest BCUT2D eigenvalue weighted by Crippen LogP contribution is -2.53. The molecule has 1 atom stereocenters. The number of ether oxygens (including phenoxy) is 1. The molecule has 4 N–H and O–H groups in total. The molecule has 2 amide bonds. The second-order valence-corrected chi connectivity index (χ2v) is 16.1. The van der Waals surface area contributed by atoms with Gasteiger partial charge in [-0.05, 0) is 73.2 Å². The molecule has 2 aromatic heterocycles. The average molecular weight is 740 g/mol. The molecule has 0 bridgehead atoms. The molecule has 282 valence electrons. The van der Waals surface area contributed by atoms with E-state index in [-0.39, 0.29) is 24.3 Å². The van der Waals surface area contributed by atoms with E-state index in [1.165, 1.54) is 37.0 Å². The Hall–Kier alpha value is -4.61. The number of thiophene rings is 1. The molecule has 5 rings (SSSR count). The van der Waals surface area contributed by atoms with E-state index < -0.39 is 23.3 Å². The van der Waals surface area contributed by atoms with E-state index >= 15 is 0 Å². The van der Waals surface area contributed by atoms with E-state index in [9.17, 15) is 19.5 Å². The lowest BCUT2D eigenvalue weighted by molar-refractivity contribution is -0.150. The van der Waals surface area contributed by atoms with Gasteiger partial charge < -0.3 is 25.8 Å². The quantitative estimate of drug-likeness (QED) is 0.0820. The van der Waals surface area contributed by atoms with Gasteiger partial charge in [0, 0.05) is 41.4 Å². The third-order valence-corrected chi connectivity index (χ3v) is 11.3. The second-order valence-electron chi connectivity index (χ2n) is 15.0. The molecule has 0 unspecified atom stereocenters. The summed E-state index contributed by atoms with van der Waals surface area (Å²) in [5, 5.41) is 19.0. The Bertz CT molecular complexity index is 1790. The highest BCUT2D eigenvalue weighted by atomic mass is 32.1. The molecule has 3 heterocycles. The number of hydrogen-bond acceptors (Lipinski definition) is 8. The van der Waals surface area contributed by atoms with Gasteiger partial charge in [-0.25, -0.2) is 9.97 Å². The van der Waals surface area contributed by atoms with Crippen molar-refractivity contribution in [1.82, 2.24) is 25.9 Å². The van der Waals surface area contributed by atoms with E-state index in [0.29, 0.717) is 36.6 Å². The summed E-state index contributed by atoms with van der Waals surface area (Å²) in [6.45, 7) is 10.3. The van der Waals surface area contributed by atoms with Crippen molar-refractivity contribution >= 4 is 29.1 Å². The van der Waals surface area contributed by atoms with Crippen LogP contribution in [0.15, 0.2) is 73.1 Å². The van der Waals surface area contributed by atoms with Gasteiger partial charge in [-0.15, -0.1) is 11.3 Å². The van der Waals surface area contributed by atoms with Crippen LogP contribution in [0.3, 0.4) is 0 Å². The number of nitrogens with one attached hydrogen (secondary N) is 3. The lowest BCUT2D eigenvalue weighted by atomic mass is 9.79. The number of amides is 2. The normalized spacial score (nSPS) is 14.6. The van der Waals surface area contributed by atoms with Crippen LogP contribution in [-0.2, 0) is 21.4 Å². The third-order valence-electron chi connectivity index (χ3n) is 9.81. The predicted molar refractivity (Wildman–Crippen MR) is 210 cm³/mol. The highest BCUT2D eigenvalue weighted by Gasteiger charge is 2.40. The Labute approximate surface area is 317 Å². The van der Waals surface area contributed by atoms with Crippen molar-refractivity contribution in [2.45, 2.75) is 90.5 Å². The van der Waals surface area contributed by atoms with Crippen molar-refractivity contribution in [2.24, 2.45) is 5.41 Å². The Kier molecular flexibility index (Phi) is 13.8. The number of carbonyl (C=O) groups excluding carboxylic acids is 2. The maximum atomic E-state index is 13.7. The molecule has 0 saturated carbocycles. The molecule has 1 aliphatic rings. The predicted octanol–water partition coefficient (Wildman–Crippen LogP) is 7.43. The number of unbranched alkanes of at least 4 members (excludes halogenated alkanes) is 4. The van der Waals surface area contributed by atoms with Crippen molar-refractivity contribution in [2.75, 3.05) is 26.2 Å². The Morgan fingerprint density at radius 2 is 1.55 bits per heavy atom. The van der Waals surface area contributed by atoms with Crippen LogP contribution >= 0.6 is 11.3 Å². The van der Waals surface area contributed by atoms with Gasteiger partial charge in [0.25, 0.3) is 5.91 Å². The molecule has 10 nitrogen and oxygen atoms in total. The summed E-state index contributed by atoms with van der Waals surface area (Å²) < 4.78 is 5.90. The van der Waals surface area contributed by atoms with Gasteiger partial charge in [0.2, 0.25) is 5.91 Å². The Morgan fingerprint density at radius 3 is 2.17 bits per heavy atom. The number of piperidine rings is 1. The summed E-state index contributed by atoms with van der Waals surface area (Å²) in [7, 11) is 0. The van der Waals surface area contributed by atoms with Gasteiger partial charge >= 0.3 is 5.97 Å². The summed E-state index contributed by atoms with van der Waals surface area (Å²) in [6.07, 6.45) is 10.7. The number of rotatable bonds is 17. The first kappa shape index (κ1) is 39.6. The zero-order valence-corrected chi connectivity index (χ0v) is 32.2. The van der Waals surface area contributed by atoms with Crippen molar-refractivity contribution in [3.8, 4) is 28.3 Å². The molecule has 4 aromatic rings. The maximum absolute atomic E-state index is 13.7. The fourth-order valence-electron chi connectivity index (χ4n) is 6.34. The van der Waals surface area contributed by atoms with E-state index in [4.69, 9.17) is 4.74 Å². The SMILES string of the molecule is CCCCCCCOc1ccc(-c2cnc(-c3ccc(C[C@H](NC(=O)c4ccc(C(C)(C)C)s4)C(=O)NCC4(C(=O)O)CCNCC4)cc3)nc2)cc1. The molecule has 0 spiro atoms. The lowest BCUT2D eigenvalue weighted by Gasteiger charge is -2.34. The van der Waals surface area contributed by atoms with Gasteiger partial charge in [0.1, 0.15) is 11.8 Å². The van der Waals surface area contributed by atoms with Crippen LogP contribution in [0.1, 0.15) is 92.8 Å². The first-order valence-corrected chi connectivity index (χ1v) is 19.6. The molecular weight excluding hydrogens is 687 g/mol. The first-order valence-electron chi connectivity index (χ1n) is 18.7. The van der Waals surface area contributed by atoms with Crippen molar-refractivity contribution < 1.29 is 24.2 Å². The van der Waals surface area contributed by atoms with Gasteiger partial charge in [-0.1, -0.05) is 89.8 Å². The fraction of sp³-hybridized carbons (Fsp3) is 0.452. The smallest absolute Gasteiger partial charge is 0.311 e. The van der Waals surface area contributed by atoms with Crippen LogP contribution < -0.4 is 20.7 Å². The summed E-state index contributed by atoms with van der Waals surface area (Å²) in [4.78, 5) is 50.2. The maximum Gasteiger partial charge on any atom is 0.311 e. The summed E-state index contributed by atoms with van der Waals surface area (Å²) in [5.41, 5.74) is 2.38. The number of benzene rings is 2. The third kappa shape index (κ3) is 11.0. The second kappa shape index (κ2) is 18.4. The van der Waals surface area contributed by atoms with E-state index in [0.717, 1.165) is 45.9 Å². The fourth-order valence-corrected chi connectivity index (χ4v) is 7.31. The number of carboxylic acids is 1. The topological polar surface area (TPSA) is 143 Å². The highest BCUT2D eigenvalue weighted by Crippen LogP contribution is 2.30. The van der Waals surface area contributed by atoms with Crippen molar-refractivity contribution in [3.05, 3.63) is 88.4 Å². The Morgan fingerprint density at radius 1 is 0.887 bits per heavy atom. The molecule has 2 aromatic carbocycles. The monoisotopic (exact) mass is 739 g/mol. The van der Waals surface area contributed by atoms with Crippen LogP contribution in [0.5, 0.6) is 5.75 Å². The molecule has 1 fully saturated rings. The van der Waals surface area contributed by atoms with Crippen LogP contribution in [0, 0.1) is 5.41 Å². The number of carboxylic acid groups (broad SMARTS) is 1. The zero-order valence-electron chi connectivity index (χ0n) is 31.4. The number of aromatic nitrogens is 2. The standard InChI is InChI=1S/C42H53N5O5S/c1-5-6-7-8-9-24-52-33-16-14-30(15-17-33)32-26-44-37(45-27-32)31-12-10-29(11-13-31)25-34(47-39(49)35-18-19-36(53-35)41(2,3)4)38(48)46-28-42(40(50)51)20-22-43-23-21-42/h10-19,26-27,34,43H,5-9,20-25,28H2,1-4H3,(H,46,48)(H,47,49)(H,50,51)/t34-/m0/s1. The summed E-state index contributed by atoms with van der Waals surface area (Å²) in [5.74, 6) is -0.265. The molecular formula is C42H53N5O5S. The Balaban J connectivity index is 1.24. The molecule has 53 heavy (non-hydrogen) atoms. The van der Waals surface area contributed by atoms with Gasteiger partial charge in [0.15, 0.2) is 5.82 Å². The number of aliphatic carboxylic acids is 1. The molecule has 1 aliphatic heterocycles. The first-order chi connectivity index (χ1) is 25.5. The van der Waals surface area contributed by atoms with E-state index in [1.807, 2.05) is 54.6 Å². The van der Waals surface area contributed by atoms with Gasteiger partial charge in [-0.2, -0.15) is 0 Å². The molecule has 0 radical (unpaired) electrons. The highest BCUT2D eigenvalue weighted by molar-refractivity contribution is 7.14. The minimum absolute atomic E-state index is 0.00816. The number of nitrogens with zero attached hydrogens (tertiary/aromatic N) is 2. The van der Waals surface area contributed by atoms with E-state index in [2.05, 4.69) is 53.6 Å². The average Bonchev–Trinajstić information content (AvgIpc) is 3.68. The summed E-state index contributed by atoms with van der Waals surface area (Å²) in [6, 6.07) is 18.4.